The molecule has 2 rings (SSSR count). The summed E-state index contributed by atoms with van der Waals surface area (Å²) in [5.41, 5.74) is 0.841. The van der Waals surface area contributed by atoms with Gasteiger partial charge in [-0.1, -0.05) is 53.5 Å². The van der Waals surface area contributed by atoms with E-state index in [9.17, 15) is 9.59 Å². The normalized spacial score (nSPS) is 10.3. The van der Waals surface area contributed by atoms with Crippen LogP contribution in [0.1, 0.15) is 15.9 Å². The molecule has 0 spiro atoms. The second-order valence-corrected chi connectivity index (χ2v) is 5.79. The van der Waals surface area contributed by atoms with Crippen molar-refractivity contribution >= 4 is 35.1 Å². The van der Waals surface area contributed by atoms with Crippen LogP contribution in [0.4, 0.5) is 0 Å². The molecule has 1 amide bonds. The van der Waals surface area contributed by atoms with Crippen LogP contribution in [0.5, 0.6) is 5.75 Å². The number of carboxylic acids is 1. The van der Waals surface area contributed by atoms with Gasteiger partial charge in [-0.25, -0.2) is 0 Å². The van der Waals surface area contributed by atoms with Crippen LogP contribution in [0.2, 0.25) is 10.0 Å². The summed E-state index contributed by atoms with van der Waals surface area (Å²) in [6.45, 7) is -0.350. The zero-order valence-corrected chi connectivity index (χ0v) is 14.3. The van der Waals surface area contributed by atoms with Gasteiger partial charge in [0.25, 0.3) is 5.91 Å². The SMILES string of the molecule is COc1c(Cl)ccc(Cl)c1C(=O)N(CC(=O)O)Cc1ccccc1. The number of carbonyl (C=O) groups excluding carboxylic acids is 1. The fourth-order valence-corrected chi connectivity index (χ4v) is 2.72. The summed E-state index contributed by atoms with van der Waals surface area (Å²) in [7, 11) is 1.37. The maximum Gasteiger partial charge on any atom is 0.323 e. The van der Waals surface area contributed by atoms with Crippen molar-refractivity contribution in [1.29, 1.82) is 0 Å². The lowest BCUT2D eigenvalue weighted by atomic mass is 10.1. The van der Waals surface area contributed by atoms with E-state index in [1.807, 2.05) is 18.2 Å². The predicted molar refractivity (Wildman–Crippen MR) is 91.8 cm³/mol. The van der Waals surface area contributed by atoms with Crippen LogP contribution in [0, 0.1) is 0 Å². The number of carboxylic acid groups (broad SMARTS) is 1. The molecule has 0 aliphatic carbocycles. The van der Waals surface area contributed by atoms with Gasteiger partial charge in [0.2, 0.25) is 0 Å². The third-order valence-electron chi connectivity index (χ3n) is 3.31. The van der Waals surface area contributed by atoms with Gasteiger partial charge in [-0.2, -0.15) is 0 Å². The Balaban J connectivity index is 2.41. The van der Waals surface area contributed by atoms with Crippen molar-refractivity contribution in [2.24, 2.45) is 0 Å². The quantitative estimate of drug-likeness (QED) is 0.844. The minimum Gasteiger partial charge on any atom is -0.494 e. The van der Waals surface area contributed by atoms with Crippen LogP contribution < -0.4 is 4.74 Å². The first-order valence-corrected chi connectivity index (χ1v) is 7.76. The van der Waals surface area contributed by atoms with Gasteiger partial charge in [-0.3, -0.25) is 9.59 Å². The number of hydrogen-bond acceptors (Lipinski definition) is 3. The predicted octanol–water partition coefficient (Wildman–Crippen LogP) is 3.73. The molecule has 0 heterocycles. The van der Waals surface area contributed by atoms with Gasteiger partial charge >= 0.3 is 5.97 Å². The summed E-state index contributed by atoms with van der Waals surface area (Å²) in [4.78, 5) is 25.2. The lowest BCUT2D eigenvalue weighted by molar-refractivity contribution is -0.137. The van der Waals surface area contributed by atoms with E-state index >= 15 is 0 Å². The summed E-state index contributed by atoms with van der Waals surface area (Å²) < 4.78 is 5.17. The molecule has 0 aromatic heterocycles. The van der Waals surface area contributed by atoms with Crippen LogP contribution in [0.25, 0.3) is 0 Å². The fourth-order valence-electron chi connectivity index (χ4n) is 2.26. The van der Waals surface area contributed by atoms with Crippen LogP contribution in [0.15, 0.2) is 42.5 Å². The van der Waals surface area contributed by atoms with Gasteiger partial charge in [-0.15, -0.1) is 0 Å². The number of carbonyl (C=O) groups is 2. The lowest BCUT2D eigenvalue weighted by Gasteiger charge is -2.23. The summed E-state index contributed by atoms with van der Waals surface area (Å²) in [5.74, 6) is -1.57. The molecule has 5 nitrogen and oxygen atoms in total. The highest BCUT2D eigenvalue weighted by Crippen LogP contribution is 2.34. The number of hydrogen-bond donors (Lipinski definition) is 1. The fraction of sp³-hybridized carbons (Fsp3) is 0.176. The van der Waals surface area contributed by atoms with E-state index in [2.05, 4.69) is 0 Å². The number of ether oxygens (including phenoxy) is 1. The molecule has 0 saturated carbocycles. The Morgan fingerprint density at radius 1 is 1.08 bits per heavy atom. The Labute approximate surface area is 149 Å². The molecule has 0 aliphatic rings. The molecule has 24 heavy (non-hydrogen) atoms. The summed E-state index contributed by atoms with van der Waals surface area (Å²) >= 11 is 12.2. The average molecular weight is 368 g/mol. The van der Waals surface area contributed by atoms with Gasteiger partial charge in [0, 0.05) is 6.54 Å². The average Bonchev–Trinajstić information content (AvgIpc) is 2.56. The summed E-state index contributed by atoms with van der Waals surface area (Å²) in [6, 6.07) is 12.1. The van der Waals surface area contributed by atoms with E-state index in [0.717, 1.165) is 5.56 Å². The first-order chi connectivity index (χ1) is 11.4. The Kier molecular flexibility index (Phi) is 6.06. The molecular formula is C17H15Cl2NO4. The van der Waals surface area contributed by atoms with Crippen molar-refractivity contribution in [1.82, 2.24) is 4.90 Å². The smallest absolute Gasteiger partial charge is 0.323 e. The molecule has 7 heteroatoms. The largest absolute Gasteiger partial charge is 0.494 e. The van der Waals surface area contributed by atoms with Gasteiger partial charge < -0.3 is 14.7 Å². The molecule has 0 radical (unpaired) electrons. The van der Waals surface area contributed by atoms with Crippen LogP contribution in [-0.4, -0.2) is 35.5 Å². The minimum atomic E-state index is -1.13. The van der Waals surface area contributed by atoms with E-state index in [-0.39, 0.29) is 27.9 Å². The maximum atomic E-state index is 12.9. The van der Waals surface area contributed by atoms with E-state index in [1.54, 1.807) is 12.1 Å². The van der Waals surface area contributed by atoms with Crippen molar-refractivity contribution in [3.63, 3.8) is 0 Å². The van der Waals surface area contributed by atoms with E-state index in [0.29, 0.717) is 0 Å². The number of methoxy groups -OCH3 is 1. The number of rotatable bonds is 6. The maximum absolute atomic E-state index is 12.9. The molecule has 1 N–H and O–H groups in total. The molecule has 126 valence electrons. The van der Waals surface area contributed by atoms with E-state index < -0.39 is 18.4 Å². The molecule has 0 atom stereocenters. The zero-order valence-electron chi connectivity index (χ0n) is 12.8. The van der Waals surface area contributed by atoms with Crippen molar-refractivity contribution in [3.05, 3.63) is 63.6 Å². The summed E-state index contributed by atoms with van der Waals surface area (Å²) in [6.07, 6.45) is 0. The highest BCUT2D eigenvalue weighted by atomic mass is 35.5. The highest BCUT2D eigenvalue weighted by Gasteiger charge is 2.26. The van der Waals surface area contributed by atoms with E-state index in [1.165, 1.54) is 24.1 Å². The number of aliphatic carboxylic acids is 1. The highest BCUT2D eigenvalue weighted by molar-refractivity contribution is 6.37. The minimum absolute atomic E-state index is 0.0452. The van der Waals surface area contributed by atoms with Crippen molar-refractivity contribution < 1.29 is 19.4 Å². The van der Waals surface area contributed by atoms with Gasteiger partial charge in [0.1, 0.15) is 12.1 Å². The number of halogens is 2. The van der Waals surface area contributed by atoms with Crippen LogP contribution >= 0.6 is 23.2 Å². The second-order valence-electron chi connectivity index (χ2n) is 4.98. The lowest BCUT2D eigenvalue weighted by Crippen LogP contribution is -2.35. The van der Waals surface area contributed by atoms with Crippen LogP contribution in [-0.2, 0) is 11.3 Å². The Bertz CT molecular complexity index is 750. The molecule has 0 aliphatic heterocycles. The third kappa shape index (κ3) is 4.19. The van der Waals surface area contributed by atoms with Crippen molar-refractivity contribution in [2.45, 2.75) is 6.54 Å². The first kappa shape index (κ1) is 18.1. The van der Waals surface area contributed by atoms with Crippen LogP contribution in [0.3, 0.4) is 0 Å². The Morgan fingerprint density at radius 2 is 1.71 bits per heavy atom. The Hall–Kier alpha value is -2.24. The molecule has 2 aromatic carbocycles. The number of amides is 1. The number of benzene rings is 2. The van der Waals surface area contributed by atoms with E-state index in [4.69, 9.17) is 33.0 Å². The van der Waals surface area contributed by atoms with Crippen molar-refractivity contribution in [2.75, 3.05) is 13.7 Å². The Morgan fingerprint density at radius 3 is 2.29 bits per heavy atom. The first-order valence-electron chi connectivity index (χ1n) is 7.01. The molecule has 0 unspecified atom stereocenters. The molecule has 2 aromatic rings. The summed E-state index contributed by atoms with van der Waals surface area (Å²) in [5, 5.41) is 9.49. The monoisotopic (exact) mass is 367 g/mol. The van der Waals surface area contributed by atoms with Gasteiger partial charge in [0.05, 0.1) is 17.2 Å². The van der Waals surface area contributed by atoms with Crippen molar-refractivity contribution in [3.8, 4) is 5.75 Å². The molecule has 0 fully saturated rings. The molecule has 0 saturated heterocycles. The van der Waals surface area contributed by atoms with Gasteiger partial charge in [-0.05, 0) is 17.7 Å². The standard InChI is InChI=1S/C17H15Cl2NO4/c1-24-16-13(19)8-7-12(18)15(16)17(23)20(10-14(21)22)9-11-5-3-2-4-6-11/h2-8H,9-10H2,1H3,(H,21,22). The second kappa shape index (κ2) is 8.04. The topological polar surface area (TPSA) is 66.8 Å². The zero-order chi connectivity index (χ0) is 17.7. The third-order valence-corrected chi connectivity index (χ3v) is 3.92. The molecular weight excluding hydrogens is 353 g/mol. The van der Waals surface area contributed by atoms with Gasteiger partial charge in [0.15, 0.2) is 5.75 Å². The molecule has 0 bridgehead atoms. The number of nitrogens with zero attached hydrogens (tertiary/aromatic N) is 1.